The number of aryl methyl sites for hydroxylation is 1. The van der Waals surface area contributed by atoms with E-state index < -0.39 is 0 Å². The van der Waals surface area contributed by atoms with Crippen LogP contribution in [0.25, 0.3) is 0 Å². The maximum atomic E-state index is 12.4. The van der Waals surface area contributed by atoms with Crippen LogP contribution in [0.4, 0.5) is 5.69 Å². The third-order valence-corrected chi connectivity index (χ3v) is 4.89. The summed E-state index contributed by atoms with van der Waals surface area (Å²) in [6.45, 7) is 4.55. The Hall–Kier alpha value is -3.00. The van der Waals surface area contributed by atoms with E-state index in [0.29, 0.717) is 28.9 Å². The Bertz CT molecular complexity index is 995. The van der Waals surface area contributed by atoms with Crippen molar-refractivity contribution >= 4 is 23.4 Å². The summed E-state index contributed by atoms with van der Waals surface area (Å²) in [5, 5.41) is 9.76. The molecule has 2 N–H and O–H groups in total. The van der Waals surface area contributed by atoms with E-state index in [9.17, 15) is 9.59 Å². The molecule has 0 saturated carbocycles. The molecule has 1 aromatic heterocycles. The van der Waals surface area contributed by atoms with Gasteiger partial charge >= 0.3 is 5.69 Å². The topological polar surface area (TPSA) is 89.0 Å². The molecule has 1 heterocycles. The van der Waals surface area contributed by atoms with E-state index in [1.54, 1.807) is 12.1 Å². The first-order valence-corrected chi connectivity index (χ1v) is 9.96. The Kier molecular flexibility index (Phi) is 6.54. The average molecular weight is 398 g/mol. The number of anilines is 1. The molecule has 0 unspecified atom stereocenters. The zero-order valence-corrected chi connectivity index (χ0v) is 16.6. The normalized spacial score (nSPS) is 10.6. The number of nitrogens with one attached hydrogen (secondary N) is 2. The summed E-state index contributed by atoms with van der Waals surface area (Å²) >= 11 is 1.21. The van der Waals surface area contributed by atoms with Crippen molar-refractivity contribution in [2.45, 2.75) is 32.0 Å². The SMILES string of the molecule is CCCn1c(SCC(=O)Nc2ccccc2Oc2ccc(C)cc2)n[nH]c1=O. The molecule has 28 heavy (non-hydrogen) atoms. The molecule has 7 nitrogen and oxygen atoms in total. The molecule has 3 rings (SSSR count). The lowest BCUT2D eigenvalue weighted by Gasteiger charge is -2.12. The van der Waals surface area contributed by atoms with Crippen molar-refractivity contribution in [3.63, 3.8) is 0 Å². The maximum Gasteiger partial charge on any atom is 0.343 e. The average Bonchev–Trinajstić information content (AvgIpc) is 3.04. The van der Waals surface area contributed by atoms with Crippen LogP contribution in [0.1, 0.15) is 18.9 Å². The fraction of sp³-hybridized carbons (Fsp3) is 0.250. The molecule has 0 aliphatic heterocycles. The Balaban J connectivity index is 1.64. The van der Waals surface area contributed by atoms with Gasteiger partial charge in [-0.15, -0.1) is 5.10 Å². The third kappa shape index (κ3) is 5.04. The van der Waals surface area contributed by atoms with Crippen LogP contribution in [0.15, 0.2) is 58.5 Å². The fourth-order valence-corrected chi connectivity index (χ4v) is 3.32. The highest BCUT2D eigenvalue weighted by Gasteiger charge is 2.13. The predicted molar refractivity (Wildman–Crippen MR) is 110 cm³/mol. The van der Waals surface area contributed by atoms with Crippen molar-refractivity contribution < 1.29 is 9.53 Å². The van der Waals surface area contributed by atoms with E-state index >= 15 is 0 Å². The molecule has 0 aliphatic carbocycles. The van der Waals surface area contributed by atoms with Crippen LogP contribution >= 0.6 is 11.8 Å². The molecule has 0 atom stereocenters. The quantitative estimate of drug-likeness (QED) is 0.563. The second-order valence-corrected chi connectivity index (χ2v) is 7.15. The molecular weight excluding hydrogens is 376 g/mol. The maximum absolute atomic E-state index is 12.4. The van der Waals surface area contributed by atoms with Gasteiger partial charge in [-0.1, -0.05) is 48.5 Å². The Morgan fingerprint density at radius 3 is 2.71 bits per heavy atom. The number of ether oxygens (including phenoxy) is 1. The van der Waals surface area contributed by atoms with Gasteiger partial charge < -0.3 is 10.1 Å². The van der Waals surface area contributed by atoms with Crippen molar-refractivity contribution in [3.8, 4) is 11.5 Å². The van der Waals surface area contributed by atoms with Gasteiger partial charge in [0.1, 0.15) is 5.75 Å². The number of aromatic nitrogens is 3. The van der Waals surface area contributed by atoms with E-state index in [1.165, 1.54) is 16.3 Å². The number of aromatic amines is 1. The summed E-state index contributed by atoms with van der Waals surface area (Å²) in [7, 11) is 0. The first-order chi connectivity index (χ1) is 13.6. The summed E-state index contributed by atoms with van der Waals surface area (Å²) in [6.07, 6.45) is 0.808. The molecule has 0 saturated heterocycles. The lowest BCUT2D eigenvalue weighted by Crippen LogP contribution is -2.18. The number of nitrogens with zero attached hydrogens (tertiary/aromatic N) is 2. The molecule has 0 fully saturated rings. The van der Waals surface area contributed by atoms with E-state index in [4.69, 9.17) is 4.74 Å². The monoisotopic (exact) mass is 398 g/mol. The highest BCUT2D eigenvalue weighted by Crippen LogP contribution is 2.29. The van der Waals surface area contributed by atoms with Gasteiger partial charge in [-0.3, -0.25) is 9.36 Å². The van der Waals surface area contributed by atoms with Gasteiger partial charge in [0, 0.05) is 6.54 Å². The minimum Gasteiger partial charge on any atom is -0.455 e. The molecule has 0 spiro atoms. The van der Waals surface area contributed by atoms with Gasteiger partial charge in [-0.25, -0.2) is 9.89 Å². The standard InChI is InChI=1S/C20H22N4O3S/c1-3-12-24-19(26)22-23-20(24)28-13-18(25)21-16-6-4-5-7-17(16)27-15-10-8-14(2)9-11-15/h4-11H,3,12-13H2,1-2H3,(H,21,25)(H,22,26). The number of benzene rings is 2. The summed E-state index contributed by atoms with van der Waals surface area (Å²) in [4.78, 5) is 24.1. The smallest absolute Gasteiger partial charge is 0.343 e. The molecule has 146 valence electrons. The number of hydrogen-bond acceptors (Lipinski definition) is 5. The largest absolute Gasteiger partial charge is 0.455 e. The first-order valence-electron chi connectivity index (χ1n) is 8.98. The summed E-state index contributed by atoms with van der Waals surface area (Å²) in [5.41, 5.74) is 1.47. The van der Waals surface area contributed by atoms with Crippen molar-refractivity contribution in [3.05, 3.63) is 64.6 Å². The van der Waals surface area contributed by atoms with Gasteiger partial charge in [0.2, 0.25) is 5.91 Å². The Morgan fingerprint density at radius 1 is 1.21 bits per heavy atom. The minimum atomic E-state index is -0.262. The molecule has 2 aromatic carbocycles. The molecular formula is C20H22N4O3S. The lowest BCUT2D eigenvalue weighted by atomic mass is 10.2. The number of H-pyrrole nitrogens is 1. The zero-order valence-electron chi connectivity index (χ0n) is 15.8. The van der Waals surface area contributed by atoms with Crippen LogP contribution in [0, 0.1) is 6.92 Å². The summed E-state index contributed by atoms with van der Waals surface area (Å²) in [6, 6.07) is 15.0. The number of amides is 1. The molecule has 0 radical (unpaired) electrons. The summed E-state index contributed by atoms with van der Waals surface area (Å²) < 4.78 is 7.43. The van der Waals surface area contributed by atoms with Gasteiger partial charge in [-0.05, 0) is 37.6 Å². The Labute approximate surface area is 167 Å². The van der Waals surface area contributed by atoms with Crippen molar-refractivity contribution in [1.82, 2.24) is 14.8 Å². The number of carbonyl (C=O) groups excluding carboxylic acids is 1. The van der Waals surface area contributed by atoms with Crippen LogP contribution in [0.2, 0.25) is 0 Å². The predicted octanol–water partition coefficient (Wildman–Crippen LogP) is 3.81. The Morgan fingerprint density at radius 2 is 1.96 bits per heavy atom. The van der Waals surface area contributed by atoms with Crippen LogP contribution < -0.4 is 15.7 Å². The van der Waals surface area contributed by atoms with Crippen molar-refractivity contribution in [1.29, 1.82) is 0 Å². The number of thioether (sulfide) groups is 1. The molecule has 0 bridgehead atoms. The molecule has 0 aliphatic rings. The first kappa shape index (κ1) is 19.8. The van der Waals surface area contributed by atoms with Crippen LogP contribution in [-0.4, -0.2) is 26.4 Å². The third-order valence-electron chi connectivity index (χ3n) is 3.91. The molecule has 3 aromatic rings. The van der Waals surface area contributed by atoms with Gasteiger partial charge in [-0.2, -0.15) is 0 Å². The number of rotatable bonds is 8. The highest BCUT2D eigenvalue weighted by atomic mass is 32.2. The van der Waals surface area contributed by atoms with Crippen molar-refractivity contribution in [2.75, 3.05) is 11.1 Å². The van der Waals surface area contributed by atoms with E-state index in [1.807, 2.05) is 50.2 Å². The van der Waals surface area contributed by atoms with E-state index in [2.05, 4.69) is 15.5 Å². The number of hydrogen-bond donors (Lipinski definition) is 2. The van der Waals surface area contributed by atoms with Gasteiger partial charge in [0.25, 0.3) is 0 Å². The van der Waals surface area contributed by atoms with Crippen LogP contribution in [0.3, 0.4) is 0 Å². The highest BCUT2D eigenvalue weighted by molar-refractivity contribution is 7.99. The van der Waals surface area contributed by atoms with E-state index in [0.717, 1.165) is 12.0 Å². The molecule has 1 amide bonds. The minimum absolute atomic E-state index is 0.132. The fourth-order valence-electron chi connectivity index (χ4n) is 2.54. The zero-order chi connectivity index (χ0) is 19.9. The van der Waals surface area contributed by atoms with Crippen molar-refractivity contribution in [2.24, 2.45) is 0 Å². The van der Waals surface area contributed by atoms with Crippen LogP contribution in [-0.2, 0) is 11.3 Å². The van der Waals surface area contributed by atoms with Crippen LogP contribution in [0.5, 0.6) is 11.5 Å². The number of carbonyl (C=O) groups is 1. The van der Waals surface area contributed by atoms with Gasteiger partial charge in [0.15, 0.2) is 10.9 Å². The van der Waals surface area contributed by atoms with E-state index in [-0.39, 0.29) is 17.3 Å². The molecule has 8 heteroatoms. The number of para-hydroxylation sites is 2. The lowest BCUT2D eigenvalue weighted by molar-refractivity contribution is -0.113. The summed E-state index contributed by atoms with van der Waals surface area (Å²) in [5.74, 6) is 1.19. The van der Waals surface area contributed by atoms with Gasteiger partial charge in [0.05, 0.1) is 11.4 Å². The second kappa shape index (κ2) is 9.27. The second-order valence-electron chi connectivity index (χ2n) is 6.21.